The molecule has 0 aliphatic carbocycles. The molecule has 0 aliphatic heterocycles. The van der Waals surface area contributed by atoms with Crippen LogP contribution in [-0.4, -0.2) is 15.8 Å². The van der Waals surface area contributed by atoms with Crippen LogP contribution in [0.25, 0.3) is 0 Å². The van der Waals surface area contributed by atoms with Gasteiger partial charge in [-0.15, -0.1) is 11.6 Å². The van der Waals surface area contributed by atoms with Crippen LogP contribution >= 0.6 is 23.2 Å². The van der Waals surface area contributed by atoms with Crippen molar-refractivity contribution in [2.75, 3.05) is 5.88 Å². The van der Waals surface area contributed by atoms with Gasteiger partial charge in [-0.2, -0.15) is 0 Å². The molecule has 1 heterocycles. The van der Waals surface area contributed by atoms with Gasteiger partial charge in [-0.1, -0.05) is 17.5 Å². The first-order valence-corrected chi connectivity index (χ1v) is 4.41. The summed E-state index contributed by atoms with van der Waals surface area (Å²) in [6.45, 7) is 0. The maximum atomic E-state index is 10.5. The molecule has 0 bridgehead atoms. The zero-order valence-corrected chi connectivity index (χ0v) is 8.34. The van der Waals surface area contributed by atoms with Crippen LogP contribution in [0.4, 0.5) is 5.69 Å². The Morgan fingerprint density at radius 1 is 1.64 bits per heavy atom. The maximum Gasteiger partial charge on any atom is 0.304 e. The summed E-state index contributed by atoms with van der Waals surface area (Å²) in [5.41, 5.74) is -0.143. The normalized spacial score (nSPS) is 9.00. The number of alkyl halides is 1. The summed E-state index contributed by atoms with van der Waals surface area (Å²) in [6.07, 6.45) is 1.30. The van der Waals surface area contributed by atoms with Crippen molar-refractivity contribution in [3.05, 3.63) is 33.1 Å². The second kappa shape index (κ2) is 4.80. The maximum absolute atomic E-state index is 10.5. The molecule has 1 aromatic rings. The van der Waals surface area contributed by atoms with Gasteiger partial charge in [0.25, 0.3) is 0 Å². The monoisotopic (exact) mass is 230 g/mol. The minimum absolute atomic E-state index is 0.0695. The third kappa shape index (κ3) is 2.59. The molecule has 0 saturated heterocycles. The van der Waals surface area contributed by atoms with Crippen molar-refractivity contribution >= 4 is 28.9 Å². The van der Waals surface area contributed by atoms with Crippen LogP contribution in [0.1, 0.15) is 5.69 Å². The number of hydrogen-bond acceptors (Lipinski definition) is 3. The van der Waals surface area contributed by atoms with E-state index in [0.29, 0.717) is 0 Å². The van der Waals surface area contributed by atoms with E-state index in [-0.39, 0.29) is 22.3 Å². The summed E-state index contributed by atoms with van der Waals surface area (Å²) in [6, 6.07) is 1.20. The molecule has 0 aromatic carbocycles. The average molecular weight is 231 g/mol. The number of rotatable bonds is 1. The Labute approximate surface area is 90.0 Å². The zero-order chi connectivity index (χ0) is 10.6. The molecule has 0 atom stereocenters. The number of hydrogen-bond donors (Lipinski definition) is 0. The van der Waals surface area contributed by atoms with Crippen molar-refractivity contribution in [1.82, 2.24) is 4.98 Å². The largest absolute Gasteiger partial charge is 0.304 e. The van der Waals surface area contributed by atoms with Gasteiger partial charge >= 0.3 is 5.69 Å². The van der Waals surface area contributed by atoms with Crippen LogP contribution < -0.4 is 0 Å². The van der Waals surface area contributed by atoms with E-state index in [4.69, 9.17) is 23.2 Å². The number of halogens is 2. The Bertz CT molecular complexity index is 423. The van der Waals surface area contributed by atoms with E-state index in [0.717, 1.165) is 0 Å². The first-order valence-electron chi connectivity index (χ1n) is 3.50. The van der Waals surface area contributed by atoms with E-state index in [9.17, 15) is 10.1 Å². The molecule has 0 aliphatic rings. The SMILES string of the molecule is O=[N+]([O-])c1cc(Cl)cnc1C#CCCl. The van der Waals surface area contributed by atoms with Crippen LogP contribution in [0.15, 0.2) is 12.3 Å². The second-order valence-electron chi connectivity index (χ2n) is 2.21. The van der Waals surface area contributed by atoms with Crippen molar-refractivity contribution in [3.63, 3.8) is 0 Å². The highest BCUT2D eigenvalue weighted by Gasteiger charge is 2.13. The molecule has 4 nitrogen and oxygen atoms in total. The highest BCUT2D eigenvalue weighted by atomic mass is 35.5. The summed E-state index contributed by atoms with van der Waals surface area (Å²) < 4.78 is 0. The molecule has 72 valence electrons. The van der Waals surface area contributed by atoms with Gasteiger partial charge in [0, 0.05) is 12.3 Å². The standard InChI is InChI=1S/C8H4Cl2N2O2/c9-3-1-2-7-8(12(13)14)4-6(10)5-11-7/h4-5H,3H2. The Kier molecular flexibility index (Phi) is 3.69. The summed E-state index contributed by atoms with van der Waals surface area (Å²) in [5, 5.41) is 10.7. The number of nitrogens with zero attached hydrogens (tertiary/aromatic N) is 2. The zero-order valence-electron chi connectivity index (χ0n) is 6.83. The van der Waals surface area contributed by atoms with Gasteiger partial charge in [-0.05, 0) is 5.92 Å². The molecular weight excluding hydrogens is 227 g/mol. The fourth-order valence-electron chi connectivity index (χ4n) is 0.781. The van der Waals surface area contributed by atoms with E-state index in [1.165, 1.54) is 12.3 Å². The summed E-state index contributed by atoms with van der Waals surface area (Å²) in [4.78, 5) is 13.7. The minimum Gasteiger partial charge on any atom is -0.258 e. The van der Waals surface area contributed by atoms with E-state index in [1.54, 1.807) is 0 Å². The third-order valence-corrected chi connectivity index (χ3v) is 1.64. The lowest BCUT2D eigenvalue weighted by Crippen LogP contribution is -1.94. The van der Waals surface area contributed by atoms with Gasteiger partial charge in [-0.3, -0.25) is 10.1 Å². The van der Waals surface area contributed by atoms with E-state index in [1.807, 2.05) is 0 Å². The highest BCUT2D eigenvalue weighted by Crippen LogP contribution is 2.19. The lowest BCUT2D eigenvalue weighted by Gasteiger charge is -1.94. The Hall–Kier alpha value is -1.31. The smallest absolute Gasteiger partial charge is 0.258 e. The summed E-state index contributed by atoms with van der Waals surface area (Å²) >= 11 is 10.9. The van der Waals surface area contributed by atoms with Gasteiger partial charge in [0.2, 0.25) is 0 Å². The second-order valence-corrected chi connectivity index (χ2v) is 2.92. The van der Waals surface area contributed by atoms with E-state index in [2.05, 4.69) is 16.8 Å². The van der Waals surface area contributed by atoms with Crippen LogP contribution in [0.2, 0.25) is 5.02 Å². The molecule has 1 rings (SSSR count). The molecule has 0 fully saturated rings. The third-order valence-electron chi connectivity index (χ3n) is 1.30. The molecular formula is C8H4Cl2N2O2. The average Bonchev–Trinajstić information content (AvgIpc) is 2.15. The van der Waals surface area contributed by atoms with Crippen molar-refractivity contribution in [2.24, 2.45) is 0 Å². The van der Waals surface area contributed by atoms with Crippen LogP contribution in [0.3, 0.4) is 0 Å². The predicted molar refractivity (Wildman–Crippen MR) is 53.5 cm³/mol. The molecule has 1 aromatic heterocycles. The van der Waals surface area contributed by atoms with Crippen LogP contribution in [0.5, 0.6) is 0 Å². The molecule has 0 unspecified atom stereocenters. The number of aromatic nitrogens is 1. The van der Waals surface area contributed by atoms with Crippen molar-refractivity contribution in [1.29, 1.82) is 0 Å². The van der Waals surface area contributed by atoms with Gasteiger partial charge < -0.3 is 0 Å². The lowest BCUT2D eigenvalue weighted by molar-refractivity contribution is -0.385. The molecule has 0 N–H and O–H groups in total. The van der Waals surface area contributed by atoms with Gasteiger partial charge in [-0.25, -0.2) is 4.98 Å². The van der Waals surface area contributed by atoms with Crippen molar-refractivity contribution in [2.45, 2.75) is 0 Å². The predicted octanol–water partition coefficient (Wildman–Crippen LogP) is 2.23. The Morgan fingerprint density at radius 3 is 2.93 bits per heavy atom. The molecule has 0 saturated carbocycles. The number of nitro groups is 1. The Balaban J connectivity index is 3.22. The lowest BCUT2D eigenvalue weighted by atomic mass is 10.3. The summed E-state index contributed by atoms with van der Waals surface area (Å²) in [7, 11) is 0. The number of pyridine rings is 1. The molecule has 0 spiro atoms. The quantitative estimate of drug-likeness (QED) is 0.322. The topological polar surface area (TPSA) is 56.0 Å². The van der Waals surface area contributed by atoms with E-state index < -0.39 is 4.92 Å². The van der Waals surface area contributed by atoms with Crippen molar-refractivity contribution in [3.8, 4) is 11.8 Å². The Morgan fingerprint density at radius 2 is 2.36 bits per heavy atom. The van der Waals surface area contributed by atoms with Crippen molar-refractivity contribution < 1.29 is 4.92 Å². The molecule has 0 amide bonds. The van der Waals surface area contributed by atoms with E-state index >= 15 is 0 Å². The molecule has 0 radical (unpaired) electrons. The highest BCUT2D eigenvalue weighted by molar-refractivity contribution is 6.30. The van der Waals surface area contributed by atoms with Gasteiger partial charge in [0.05, 0.1) is 15.8 Å². The molecule has 6 heteroatoms. The van der Waals surface area contributed by atoms with Crippen LogP contribution in [-0.2, 0) is 0 Å². The van der Waals surface area contributed by atoms with Gasteiger partial charge in [0.15, 0.2) is 5.69 Å². The fraction of sp³-hybridized carbons (Fsp3) is 0.125. The first kappa shape index (κ1) is 10.8. The molecule has 14 heavy (non-hydrogen) atoms. The van der Waals surface area contributed by atoms with Gasteiger partial charge in [0.1, 0.15) is 0 Å². The summed E-state index contributed by atoms with van der Waals surface area (Å²) in [5.74, 6) is 5.06. The van der Waals surface area contributed by atoms with Crippen LogP contribution in [0, 0.1) is 22.0 Å². The minimum atomic E-state index is -0.586. The fourth-order valence-corrected chi connectivity index (χ4v) is 1.00. The first-order chi connectivity index (χ1) is 6.65.